The Hall–Kier alpha value is -1.19. The van der Waals surface area contributed by atoms with Crippen LogP contribution in [0.3, 0.4) is 0 Å². The monoisotopic (exact) mass is 131 g/mol. The first-order valence-corrected chi connectivity index (χ1v) is 2.23. The lowest BCUT2D eigenvalue weighted by molar-refractivity contribution is -0.128. The average Bonchev–Trinajstić information content (AvgIpc) is 1.87. The van der Waals surface area contributed by atoms with E-state index in [1.165, 1.54) is 0 Å². The van der Waals surface area contributed by atoms with Gasteiger partial charge in [-0.05, 0) is 6.08 Å². The molecule has 0 radical (unpaired) electrons. The summed E-state index contributed by atoms with van der Waals surface area (Å²) in [5, 5.41) is 1.71. The highest BCUT2D eigenvalue weighted by Gasteiger charge is 2.00. The van der Waals surface area contributed by atoms with Gasteiger partial charge >= 0.3 is 0 Å². The quantitative estimate of drug-likeness (QED) is 0.527. The van der Waals surface area contributed by atoms with E-state index in [9.17, 15) is 14.0 Å². The van der Waals surface area contributed by atoms with Crippen molar-refractivity contribution in [3.63, 3.8) is 0 Å². The molecule has 0 bridgehead atoms. The van der Waals surface area contributed by atoms with Crippen molar-refractivity contribution in [3.8, 4) is 0 Å². The Labute approximate surface area is 51.5 Å². The highest BCUT2D eigenvalue weighted by molar-refractivity contribution is 6.00. The predicted molar refractivity (Wildman–Crippen MR) is 29.3 cm³/mol. The van der Waals surface area contributed by atoms with E-state index in [1.807, 2.05) is 0 Å². The molecule has 0 aliphatic heterocycles. The molecular weight excluding hydrogens is 125 g/mol. The largest absolute Gasteiger partial charge is 0.291 e. The highest BCUT2D eigenvalue weighted by atomic mass is 19.1. The Kier molecular flexibility index (Phi) is 3.27. The molecule has 0 aliphatic rings. The second-order valence-electron chi connectivity index (χ2n) is 1.25. The summed E-state index contributed by atoms with van der Waals surface area (Å²) in [4.78, 5) is 20.2. The summed E-state index contributed by atoms with van der Waals surface area (Å²) in [6.07, 6.45) is 0.896. The molecule has 0 unspecified atom stereocenters. The maximum atomic E-state index is 11.3. The third-order valence-electron chi connectivity index (χ3n) is 0.569. The minimum Gasteiger partial charge on any atom is -0.291 e. The summed E-state index contributed by atoms with van der Waals surface area (Å²) < 4.78 is 11.3. The Bertz CT molecular complexity index is 144. The topological polar surface area (TPSA) is 46.2 Å². The third-order valence-corrected chi connectivity index (χ3v) is 0.569. The van der Waals surface area contributed by atoms with Crippen molar-refractivity contribution in [3.05, 3.63) is 12.7 Å². The van der Waals surface area contributed by atoms with Crippen LogP contribution < -0.4 is 5.32 Å². The molecule has 0 heterocycles. The van der Waals surface area contributed by atoms with Crippen molar-refractivity contribution in [1.82, 2.24) is 5.32 Å². The molecule has 0 spiro atoms. The van der Waals surface area contributed by atoms with E-state index in [-0.39, 0.29) is 0 Å². The fourth-order valence-corrected chi connectivity index (χ4v) is 0.222. The number of hydrogen-bond donors (Lipinski definition) is 1. The zero-order valence-corrected chi connectivity index (χ0v) is 4.69. The summed E-state index contributed by atoms with van der Waals surface area (Å²) >= 11 is 0. The van der Waals surface area contributed by atoms with Gasteiger partial charge in [0.2, 0.25) is 5.91 Å². The lowest BCUT2D eigenvalue weighted by Crippen LogP contribution is -2.29. The van der Waals surface area contributed by atoms with Crippen LogP contribution in [0.4, 0.5) is 4.39 Å². The highest BCUT2D eigenvalue weighted by Crippen LogP contribution is 1.70. The molecule has 50 valence electrons. The minimum atomic E-state index is -1.18. The van der Waals surface area contributed by atoms with Crippen molar-refractivity contribution < 1.29 is 14.0 Å². The van der Waals surface area contributed by atoms with Gasteiger partial charge in [-0.2, -0.15) is 0 Å². The molecular formula is C5H6FNO2. The van der Waals surface area contributed by atoms with E-state index < -0.39 is 18.5 Å². The van der Waals surface area contributed by atoms with Gasteiger partial charge in [0.05, 0.1) is 0 Å². The lowest BCUT2D eigenvalue weighted by atomic mass is 10.5. The Morgan fingerprint density at radius 2 is 2.22 bits per heavy atom. The van der Waals surface area contributed by atoms with Crippen molar-refractivity contribution in [2.75, 3.05) is 6.67 Å². The van der Waals surface area contributed by atoms with E-state index in [0.29, 0.717) is 0 Å². The maximum Gasteiger partial charge on any atom is 0.258 e. The van der Waals surface area contributed by atoms with Crippen LogP contribution in [0.25, 0.3) is 0 Å². The van der Waals surface area contributed by atoms with Crippen LogP contribution in [0.15, 0.2) is 12.7 Å². The summed E-state index contributed by atoms with van der Waals surface area (Å²) in [5.41, 5.74) is 0. The number of alkyl halides is 1. The molecule has 0 fully saturated rings. The molecule has 4 heteroatoms. The number of carbonyl (C=O) groups excluding carboxylic acids is 2. The normalized spacial score (nSPS) is 8.11. The van der Waals surface area contributed by atoms with E-state index in [1.54, 1.807) is 5.32 Å². The molecule has 0 aromatic heterocycles. The number of hydrogen-bond acceptors (Lipinski definition) is 2. The summed E-state index contributed by atoms with van der Waals surface area (Å²) in [5.74, 6) is -1.63. The van der Waals surface area contributed by atoms with Gasteiger partial charge in [0.15, 0.2) is 6.67 Å². The number of nitrogens with one attached hydrogen (secondary N) is 1. The standard InChI is InChI=1S/C5H6FNO2/c1-2-4(8)7-5(9)3-6/h2H,1,3H2,(H,7,8,9). The molecule has 1 N–H and O–H groups in total. The summed E-state index contributed by atoms with van der Waals surface area (Å²) in [7, 11) is 0. The summed E-state index contributed by atoms with van der Waals surface area (Å²) in [6, 6.07) is 0. The predicted octanol–water partition coefficient (Wildman–Crippen LogP) is -0.215. The molecule has 0 saturated carbocycles. The Balaban J connectivity index is 3.59. The second-order valence-corrected chi connectivity index (χ2v) is 1.25. The second kappa shape index (κ2) is 3.77. The average molecular weight is 131 g/mol. The SMILES string of the molecule is C=CC(=O)NC(=O)CF. The van der Waals surface area contributed by atoms with E-state index in [4.69, 9.17) is 0 Å². The minimum absolute atomic E-state index is 0.683. The van der Waals surface area contributed by atoms with Gasteiger partial charge in [-0.3, -0.25) is 14.9 Å². The Morgan fingerprint density at radius 1 is 1.67 bits per heavy atom. The van der Waals surface area contributed by atoms with Crippen LogP contribution >= 0.6 is 0 Å². The van der Waals surface area contributed by atoms with Crippen LogP contribution in [0, 0.1) is 0 Å². The van der Waals surface area contributed by atoms with Gasteiger partial charge in [-0.25, -0.2) is 4.39 Å². The smallest absolute Gasteiger partial charge is 0.258 e. The van der Waals surface area contributed by atoms with Crippen molar-refractivity contribution >= 4 is 11.8 Å². The fraction of sp³-hybridized carbons (Fsp3) is 0.200. The van der Waals surface area contributed by atoms with Crippen LogP contribution in [0.2, 0.25) is 0 Å². The van der Waals surface area contributed by atoms with Gasteiger partial charge < -0.3 is 0 Å². The third kappa shape index (κ3) is 3.40. The number of imide groups is 1. The van der Waals surface area contributed by atoms with Crippen molar-refractivity contribution in [2.45, 2.75) is 0 Å². The van der Waals surface area contributed by atoms with E-state index in [2.05, 4.69) is 6.58 Å². The number of amides is 2. The zero-order chi connectivity index (χ0) is 7.28. The van der Waals surface area contributed by atoms with Crippen LogP contribution in [-0.4, -0.2) is 18.5 Å². The molecule has 0 aliphatic carbocycles. The van der Waals surface area contributed by atoms with Gasteiger partial charge in [0.25, 0.3) is 5.91 Å². The van der Waals surface area contributed by atoms with Gasteiger partial charge in [0.1, 0.15) is 0 Å². The van der Waals surface area contributed by atoms with Crippen LogP contribution in [0.5, 0.6) is 0 Å². The first-order chi connectivity index (χ1) is 4.20. The molecule has 0 saturated heterocycles. The van der Waals surface area contributed by atoms with E-state index >= 15 is 0 Å². The Morgan fingerprint density at radius 3 is 2.56 bits per heavy atom. The van der Waals surface area contributed by atoms with Crippen LogP contribution in [-0.2, 0) is 9.59 Å². The molecule has 3 nitrogen and oxygen atoms in total. The van der Waals surface area contributed by atoms with Crippen molar-refractivity contribution in [2.24, 2.45) is 0 Å². The van der Waals surface area contributed by atoms with Gasteiger partial charge in [0, 0.05) is 0 Å². The summed E-state index contributed by atoms with van der Waals surface area (Å²) in [6.45, 7) is 1.88. The maximum absolute atomic E-state index is 11.3. The van der Waals surface area contributed by atoms with Crippen molar-refractivity contribution in [1.29, 1.82) is 0 Å². The zero-order valence-electron chi connectivity index (χ0n) is 4.69. The van der Waals surface area contributed by atoms with E-state index in [0.717, 1.165) is 6.08 Å². The van der Waals surface area contributed by atoms with Gasteiger partial charge in [-0.15, -0.1) is 0 Å². The number of halogens is 1. The first kappa shape index (κ1) is 7.81. The fourth-order valence-electron chi connectivity index (χ4n) is 0.222. The molecule has 2 amide bonds. The molecule has 9 heavy (non-hydrogen) atoms. The molecule has 0 rings (SSSR count). The van der Waals surface area contributed by atoms with Gasteiger partial charge in [-0.1, -0.05) is 6.58 Å². The number of carbonyl (C=O) groups is 2. The first-order valence-electron chi connectivity index (χ1n) is 2.23. The lowest BCUT2D eigenvalue weighted by Gasteiger charge is -1.92. The van der Waals surface area contributed by atoms with Crippen LogP contribution in [0.1, 0.15) is 0 Å². The number of rotatable bonds is 2. The molecule has 0 atom stereocenters. The molecule has 0 aromatic rings. The molecule has 0 aromatic carbocycles.